The van der Waals surface area contributed by atoms with E-state index in [1.807, 2.05) is 31.3 Å². The van der Waals surface area contributed by atoms with Crippen LogP contribution in [0.25, 0.3) is 0 Å². The lowest BCUT2D eigenvalue weighted by molar-refractivity contribution is 0.0926. The zero-order valence-corrected chi connectivity index (χ0v) is 10.2. The fourth-order valence-electron chi connectivity index (χ4n) is 1.93. The fraction of sp³-hybridized carbons (Fsp3) is 0.308. The molecule has 0 amide bonds. The molecule has 0 aliphatic rings. The minimum absolute atomic E-state index is 0.727. The van der Waals surface area contributed by atoms with Crippen LogP contribution in [0.5, 0.6) is 5.75 Å². The highest BCUT2D eigenvalue weighted by molar-refractivity contribution is 5.36. The summed E-state index contributed by atoms with van der Waals surface area (Å²) in [6.45, 7) is 1.75. The third kappa shape index (κ3) is 2.03. The van der Waals surface area contributed by atoms with Gasteiger partial charge in [0.1, 0.15) is 11.4 Å². The molecule has 0 saturated heterocycles. The summed E-state index contributed by atoms with van der Waals surface area (Å²) in [5.74, 6) is 0.727. The number of rotatable bonds is 3. The molecule has 2 aromatic rings. The highest BCUT2D eigenvalue weighted by Crippen LogP contribution is 2.30. The fourth-order valence-corrected chi connectivity index (χ4v) is 1.93. The van der Waals surface area contributed by atoms with E-state index in [1.165, 1.54) is 0 Å². The molecule has 0 aliphatic heterocycles. The Kier molecular flexibility index (Phi) is 2.90. The molecule has 0 radical (unpaired) electrons. The van der Waals surface area contributed by atoms with E-state index in [2.05, 4.69) is 5.10 Å². The van der Waals surface area contributed by atoms with E-state index in [0.29, 0.717) is 0 Å². The molecular formula is C13H16N2O2. The molecule has 0 fully saturated rings. The second-order valence-electron chi connectivity index (χ2n) is 4.14. The molecule has 1 aromatic heterocycles. The van der Waals surface area contributed by atoms with Gasteiger partial charge in [0.2, 0.25) is 0 Å². The van der Waals surface area contributed by atoms with Crippen molar-refractivity contribution in [2.75, 3.05) is 7.11 Å². The van der Waals surface area contributed by atoms with Crippen LogP contribution in [0.1, 0.15) is 18.2 Å². The largest absolute Gasteiger partial charge is 0.497 e. The summed E-state index contributed by atoms with van der Waals surface area (Å²) < 4.78 is 6.83. The van der Waals surface area contributed by atoms with Gasteiger partial charge in [-0.05, 0) is 30.7 Å². The Morgan fingerprint density at radius 2 is 2.12 bits per heavy atom. The molecule has 0 aliphatic carbocycles. The van der Waals surface area contributed by atoms with Gasteiger partial charge in [-0.3, -0.25) is 4.68 Å². The number of aryl methyl sites for hydroxylation is 1. The van der Waals surface area contributed by atoms with Crippen molar-refractivity contribution in [2.45, 2.75) is 12.5 Å². The zero-order chi connectivity index (χ0) is 12.5. The Morgan fingerprint density at radius 1 is 1.35 bits per heavy atom. The Morgan fingerprint density at radius 3 is 2.71 bits per heavy atom. The third-order valence-electron chi connectivity index (χ3n) is 2.95. The Hall–Kier alpha value is -1.81. The number of hydrogen-bond acceptors (Lipinski definition) is 3. The van der Waals surface area contributed by atoms with E-state index in [0.717, 1.165) is 17.0 Å². The lowest BCUT2D eigenvalue weighted by Crippen LogP contribution is -2.26. The van der Waals surface area contributed by atoms with E-state index in [-0.39, 0.29) is 0 Å². The molecule has 17 heavy (non-hydrogen) atoms. The van der Waals surface area contributed by atoms with Gasteiger partial charge in [0.15, 0.2) is 0 Å². The summed E-state index contributed by atoms with van der Waals surface area (Å²) in [7, 11) is 3.42. The van der Waals surface area contributed by atoms with E-state index in [1.54, 1.807) is 31.0 Å². The second-order valence-corrected chi connectivity index (χ2v) is 4.14. The number of ether oxygens (including phenoxy) is 1. The Bertz CT molecular complexity index is 518. The predicted octanol–water partition coefficient (Wildman–Crippen LogP) is 1.68. The standard InChI is InChI=1S/C13H16N2O2/c1-13(16,12-7-8-14-15(12)2)10-5-4-6-11(9-10)17-3/h4-9,16H,1-3H3. The first kappa shape index (κ1) is 11.7. The predicted molar refractivity (Wildman–Crippen MR) is 64.9 cm³/mol. The molecule has 90 valence electrons. The SMILES string of the molecule is COc1cccc(C(C)(O)c2ccnn2C)c1. The van der Waals surface area contributed by atoms with Crippen LogP contribution in [0.15, 0.2) is 36.5 Å². The highest BCUT2D eigenvalue weighted by Gasteiger charge is 2.28. The topological polar surface area (TPSA) is 47.3 Å². The molecule has 4 nitrogen and oxygen atoms in total. The molecule has 4 heteroatoms. The van der Waals surface area contributed by atoms with Gasteiger partial charge in [0.25, 0.3) is 0 Å². The number of methoxy groups -OCH3 is 1. The van der Waals surface area contributed by atoms with Gasteiger partial charge in [-0.25, -0.2) is 0 Å². The minimum atomic E-state index is -1.08. The average molecular weight is 232 g/mol. The molecule has 0 spiro atoms. The highest BCUT2D eigenvalue weighted by atomic mass is 16.5. The normalized spacial score (nSPS) is 14.4. The maximum Gasteiger partial charge on any atom is 0.128 e. The van der Waals surface area contributed by atoms with Crippen molar-refractivity contribution in [3.8, 4) is 5.75 Å². The van der Waals surface area contributed by atoms with Crippen LogP contribution in [-0.4, -0.2) is 22.0 Å². The summed E-state index contributed by atoms with van der Waals surface area (Å²) in [6.07, 6.45) is 1.67. The summed E-state index contributed by atoms with van der Waals surface area (Å²) >= 11 is 0. The molecule has 1 unspecified atom stereocenters. The van der Waals surface area contributed by atoms with Gasteiger partial charge in [0.05, 0.1) is 12.8 Å². The number of nitrogens with zero attached hydrogens (tertiary/aromatic N) is 2. The van der Waals surface area contributed by atoms with Crippen molar-refractivity contribution in [3.63, 3.8) is 0 Å². The first-order valence-electron chi connectivity index (χ1n) is 5.41. The lowest BCUT2D eigenvalue weighted by Gasteiger charge is -2.24. The molecule has 1 aromatic carbocycles. The number of aliphatic hydroxyl groups is 1. The molecule has 1 heterocycles. The monoisotopic (exact) mass is 232 g/mol. The van der Waals surface area contributed by atoms with E-state index >= 15 is 0 Å². The van der Waals surface area contributed by atoms with Crippen LogP contribution in [0.4, 0.5) is 0 Å². The van der Waals surface area contributed by atoms with Crippen LogP contribution >= 0.6 is 0 Å². The first-order valence-corrected chi connectivity index (χ1v) is 5.41. The summed E-state index contributed by atoms with van der Waals surface area (Å²) in [4.78, 5) is 0. The summed E-state index contributed by atoms with van der Waals surface area (Å²) in [5, 5.41) is 14.7. The molecule has 2 rings (SSSR count). The molecule has 0 saturated carbocycles. The summed E-state index contributed by atoms with van der Waals surface area (Å²) in [6, 6.07) is 9.21. The van der Waals surface area contributed by atoms with E-state index in [4.69, 9.17) is 4.74 Å². The number of hydrogen-bond donors (Lipinski definition) is 1. The Labute approximate surface area is 100 Å². The summed E-state index contributed by atoms with van der Waals surface area (Å²) in [5.41, 5.74) is 0.436. The quantitative estimate of drug-likeness (QED) is 0.876. The Balaban J connectivity index is 2.47. The molecule has 1 atom stereocenters. The average Bonchev–Trinajstić information content (AvgIpc) is 2.76. The van der Waals surface area contributed by atoms with Crippen molar-refractivity contribution >= 4 is 0 Å². The van der Waals surface area contributed by atoms with Crippen molar-refractivity contribution in [3.05, 3.63) is 47.8 Å². The van der Waals surface area contributed by atoms with Crippen molar-refractivity contribution in [1.29, 1.82) is 0 Å². The van der Waals surface area contributed by atoms with Crippen LogP contribution in [0, 0.1) is 0 Å². The van der Waals surface area contributed by atoms with E-state index in [9.17, 15) is 5.11 Å². The molecule has 1 N–H and O–H groups in total. The van der Waals surface area contributed by atoms with Crippen LogP contribution < -0.4 is 4.74 Å². The van der Waals surface area contributed by atoms with E-state index < -0.39 is 5.60 Å². The molecular weight excluding hydrogens is 216 g/mol. The zero-order valence-electron chi connectivity index (χ0n) is 10.2. The van der Waals surface area contributed by atoms with Crippen molar-refractivity contribution in [2.24, 2.45) is 7.05 Å². The smallest absolute Gasteiger partial charge is 0.128 e. The third-order valence-corrected chi connectivity index (χ3v) is 2.95. The van der Waals surface area contributed by atoms with Crippen molar-refractivity contribution in [1.82, 2.24) is 9.78 Å². The minimum Gasteiger partial charge on any atom is -0.497 e. The maximum atomic E-state index is 10.6. The maximum absolute atomic E-state index is 10.6. The van der Waals surface area contributed by atoms with Crippen LogP contribution in [0.3, 0.4) is 0 Å². The van der Waals surface area contributed by atoms with Gasteiger partial charge in [-0.2, -0.15) is 5.10 Å². The van der Waals surface area contributed by atoms with Gasteiger partial charge in [-0.15, -0.1) is 0 Å². The van der Waals surface area contributed by atoms with Crippen LogP contribution in [0.2, 0.25) is 0 Å². The van der Waals surface area contributed by atoms with Gasteiger partial charge >= 0.3 is 0 Å². The van der Waals surface area contributed by atoms with Gasteiger partial charge in [-0.1, -0.05) is 12.1 Å². The molecule has 0 bridgehead atoms. The number of aromatic nitrogens is 2. The van der Waals surface area contributed by atoms with Crippen LogP contribution in [-0.2, 0) is 12.6 Å². The second kappa shape index (κ2) is 4.22. The van der Waals surface area contributed by atoms with Gasteiger partial charge < -0.3 is 9.84 Å². The number of benzene rings is 1. The van der Waals surface area contributed by atoms with Crippen molar-refractivity contribution < 1.29 is 9.84 Å². The first-order chi connectivity index (χ1) is 8.05. The lowest BCUT2D eigenvalue weighted by atomic mass is 9.92. The van der Waals surface area contributed by atoms with Gasteiger partial charge in [0, 0.05) is 13.2 Å².